The molecule has 3 aliphatic carbocycles. The fourth-order valence-electron chi connectivity index (χ4n) is 5.26. The van der Waals surface area contributed by atoms with Crippen LogP contribution in [-0.4, -0.2) is 6.04 Å². The Morgan fingerprint density at radius 1 is 0.952 bits per heavy atom. The van der Waals surface area contributed by atoms with Gasteiger partial charge in [-0.25, -0.2) is 8.78 Å². The van der Waals surface area contributed by atoms with E-state index in [0.29, 0.717) is 18.2 Å². The van der Waals surface area contributed by atoms with E-state index >= 15 is 0 Å². The van der Waals surface area contributed by atoms with Crippen LogP contribution in [0.3, 0.4) is 0 Å². The molecule has 0 unspecified atom stereocenters. The largest absolute Gasteiger partial charge is 0.310 e. The van der Waals surface area contributed by atoms with E-state index in [1.807, 2.05) is 0 Å². The van der Waals surface area contributed by atoms with Crippen molar-refractivity contribution in [2.75, 3.05) is 0 Å². The molecule has 0 radical (unpaired) electrons. The Morgan fingerprint density at radius 3 is 2.43 bits per heavy atom. The van der Waals surface area contributed by atoms with Crippen LogP contribution in [0.5, 0.6) is 0 Å². The summed E-state index contributed by atoms with van der Waals surface area (Å²) in [5.41, 5.74) is 0.716. The minimum atomic E-state index is -0.481. The molecule has 0 amide bonds. The van der Waals surface area contributed by atoms with Crippen molar-refractivity contribution in [2.24, 2.45) is 23.7 Å². The Labute approximate surface area is 130 Å². The lowest BCUT2D eigenvalue weighted by atomic mass is 9.79. The van der Waals surface area contributed by atoms with Crippen LogP contribution in [0.4, 0.5) is 8.78 Å². The molecule has 2 bridgehead atoms. The third-order valence-corrected chi connectivity index (χ3v) is 5.92. The number of benzene rings is 1. The molecule has 1 nitrogen and oxygen atoms in total. The first-order chi connectivity index (χ1) is 9.70. The molecule has 3 fully saturated rings. The number of nitrogens with one attached hydrogen (secondary N) is 1. The third kappa shape index (κ3) is 2.70. The van der Waals surface area contributed by atoms with Crippen molar-refractivity contribution in [3.05, 3.63) is 35.4 Å². The average molecular weight is 314 g/mol. The van der Waals surface area contributed by atoms with Gasteiger partial charge < -0.3 is 5.32 Å². The normalized spacial score (nSPS) is 36.6. The first-order valence-corrected chi connectivity index (χ1v) is 7.89. The second-order valence-corrected chi connectivity index (χ2v) is 6.92. The van der Waals surface area contributed by atoms with E-state index in [2.05, 4.69) is 5.32 Å². The molecule has 3 saturated carbocycles. The van der Waals surface area contributed by atoms with Gasteiger partial charge in [0.2, 0.25) is 0 Å². The van der Waals surface area contributed by atoms with Gasteiger partial charge in [-0.05, 0) is 67.1 Å². The molecule has 4 heteroatoms. The van der Waals surface area contributed by atoms with Gasteiger partial charge in [-0.1, -0.05) is 6.42 Å². The molecule has 1 N–H and O–H groups in total. The maximum Gasteiger partial charge on any atom is 0.126 e. The minimum absolute atomic E-state index is 0. The van der Waals surface area contributed by atoms with Gasteiger partial charge in [-0.2, -0.15) is 0 Å². The lowest BCUT2D eigenvalue weighted by molar-refractivity contribution is 0.208. The molecule has 0 saturated heterocycles. The summed E-state index contributed by atoms with van der Waals surface area (Å²) in [4.78, 5) is 0. The zero-order valence-electron chi connectivity index (χ0n) is 12.0. The van der Waals surface area contributed by atoms with Crippen LogP contribution in [0.15, 0.2) is 18.2 Å². The van der Waals surface area contributed by atoms with E-state index in [1.165, 1.54) is 44.2 Å². The van der Waals surface area contributed by atoms with Gasteiger partial charge in [0.1, 0.15) is 11.6 Å². The first kappa shape index (κ1) is 15.2. The third-order valence-electron chi connectivity index (χ3n) is 5.92. The van der Waals surface area contributed by atoms with Crippen LogP contribution in [0.25, 0.3) is 0 Å². The van der Waals surface area contributed by atoms with Crippen LogP contribution in [-0.2, 0) is 6.54 Å². The zero-order valence-corrected chi connectivity index (χ0v) is 12.8. The van der Waals surface area contributed by atoms with E-state index < -0.39 is 11.6 Å². The molecule has 21 heavy (non-hydrogen) atoms. The Hall–Kier alpha value is -0.670. The van der Waals surface area contributed by atoms with E-state index in [-0.39, 0.29) is 12.4 Å². The van der Waals surface area contributed by atoms with E-state index in [0.717, 1.165) is 29.7 Å². The highest BCUT2D eigenvalue weighted by Crippen LogP contribution is 2.58. The fraction of sp³-hybridized carbons (Fsp3) is 0.647. The second kappa shape index (κ2) is 5.85. The quantitative estimate of drug-likeness (QED) is 0.877. The number of halogens is 3. The van der Waals surface area contributed by atoms with Crippen molar-refractivity contribution in [3.8, 4) is 0 Å². The summed E-state index contributed by atoms with van der Waals surface area (Å²) in [6.07, 6.45) is 6.89. The summed E-state index contributed by atoms with van der Waals surface area (Å²) in [6.45, 7) is 0.583. The van der Waals surface area contributed by atoms with Crippen molar-refractivity contribution in [2.45, 2.75) is 44.7 Å². The smallest absolute Gasteiger partial charge is 0.126 e. The van der Waals surface area contributed by atoms with Crippen LogP contribution in [0, 0.1) is 35.3 Å². The molecule has 0 heterocycles. The average Bonchev–Trinajstić information content (AvgIpc) is 3.07. The van der Waals surface area contributed by atoms with Gasteiger partial charge in [0.05, 0.1) is 0 Å². The Bertz CT molecular complexity index is 501. The molecule has 0 spiro atoms. The maximum atomic E-state index is 13.2. The molecule has 0 aromatic heterocycles. The molecule has 3 aliphatic rings. The molecule has 4 rings (SSSR count). The number of hydrogen-bond acceptors (Lipinski definition) is 1. The molecular formula is C17H22ClF2N. The summed E-state index contributed by atoms with van der Waals surface area (Å²) in [5, 5.41) is 3.56. The van der Waals surface area contributed by atoms with E-state index in [4.69, 9.17) is 0 Å². The summed E-state index contributed by atoms with van der Waals surface area (Å²) < 4.78 is 26.4. The summed E-state index contributed by atoms with van der Waals surface area (Å²) >= 11 is 0. The number of rotatable bonds is 3. The molecule has 1 aromatic rings. The highest BCUT2D eigenvalue weighted by molar-refractivity contribution is 5.85. The number of fused-ring (bicyclic) bond motifs is 5. The van der Waals surface area contributed by atoms with Crippen molar-refractivity contribution < 1.29 is 8.78 Å². The van der Waals surface area contributed by atoms with Crippen LogP contribution >= 0.6 is 12.4 Å². The van der Waals surface area contributed by atoms with Crippen molar-refractivity contribution in [3.63, 3.8) is 0 Å². The first-order valence-electron chi connectivity index (χ1n) is 7.89. The van der Waals surface area contributed by atoms with Gasteiger partial charge in [0.15, 0.2) is 0 Å². The second-order valence-electron chi connectivity index (χ2n) is 6.92. The summed E-state index contributed by atoms with van der Waals surface area (Å²) in [5.74, 6) is 2.68. The van der Waals surface area contributed by atoms with Crippen molar-refractivity contribution in [1.82, 2.24) is 5.32 Å². The Kier molecular flexibility index (Phi) is 4.24. The van der Waals surface area contributed by atoms with Crippen molar-refractivity contribution in [1.29, 1.82) is 0 Å². The molecule has 116 valence electrons. The molecule has 5 atom stereocenters. The maximum absolute atomic E-state index is 13.2. The van der Waals surface area contributed by atoms with Gasteiger partial charge in [-0.3, -0.25) is 0 Å². The summed E-state index contributed by atoms with van der Waals surface area (Å²) in [6, 6.07) is 4.36. The van der Waals surface area contributed by atoms with E-state index in [1.54, 1.807) is 0 Å². The van der Waals surface area contributed by atoms with Crippen LogP contribution < -0.4 is 5.32 Å². The zero-order chi connectivity index (χ0) is 13.7. The van der Waals surface area contributed by atoms with Gasteiger partial charge in [-0.15, -0.1) is 12.4 Å². The highest BCUT2D eigenvalue weighted by Gasteiger charge is 2.53. The minimum Gasteiger partial charge on any atom is -0.310 e. The topological polar surface area (TPSA) is 12.0 Å². The Morgan fingerprint density at radius 2 is 1.67 bits per heavy atom. The fourth-order valence-corrected chi connectivity index (χ4v) is 5.26. The molecule has 1 aromatic carbocycles. The molecule has 0 aliphatic heterocycles. The SMILES string of the molecule is Cl.Fc1cc(F)cc(CN[C@@H]2C[C@@H]3C[C@H]2[C@@H]2CCC[C@H]32)c1. The molecular weight excluding hydrogens is 292 g/mol. The summed E-state index contributed by atoms with van der Waals surface area (Å²) in [7, 11) is 0. The standard InChI is InChI=1S/C17H21F2N.ClH/c18-12-4-10(5-13(19)8-12)9-20-17-7-11-6-16(17)15-3-1-2-14(11)15;/h4-5,8,11,14-17,20H,1-3,6-7,9H2;1H/t11-,14+,15+,16-,17+;/m0./s1. The van der Waals surface area contributed by atoms with Gasteiger partial charge in [0.25, 0.3) is 0 Å². The van der Waals surface area contributed by atoms with E-state index in [9.17, 15) is 8.78 Å². The monoisotopic (exact) mass is 313 g/mol. The Balaban J connectivity index is 0.00000132. The van der Waals surface area contributed by atoms with Crippen LogP contribution in [0.1, 0.15) is 37.7 Å². The predicted octanol–water partition coefficient (Wildman–Crippen LogP) is 4.30. The highest BCUT2D eigenvalue weighted by atomic mass is 35.5. The lowest BCUT2D eigenvalue weighted by Gasteiger charge is -2.32. The van der Waals surface area contributed by atoms with Crippen LogP contribution in [0.2, 0.25) is 0 Å². The van der Waals surface area contributed by atoms with Crippen molar-refractivity contribution >= 4 is 12.4 Å². The van der Waals surface area contributed by atoms with Gasteiger partial charge in [0, 0.05) is 18.7 Å². The predicted molar refractivity (Wildman–Crippen MR) is 81.3 cm³/mol. The lowest BCUT2D eigenvalue weighted by Crippen LogP contribution is -2.38. The van der Waals surface area contributed by atoms with Gasteiger partial charge >= 0.3 is 0 Å². The number of hydrogen-bond donors (Lipinski definition) is 1.